The summed E-state index contributed by atoms with van der Waals surface area (Å²) >= 11 is 0. The average molecular weight is 499 g/mol. The SMILES string of the molecule is CC(=O)NC(Cc1cc(F)cc(F)c1)C(O)CNC1CCN(CC#N)c2ccc(CC(C)(C)C)cc21. The van der Waals surface area contributed by atoms with Gasteiger partial charge in [0.25, 0.3) is 0 Å². The summed E-state index contributed by atoms with van der Waals surface area (Å²) in [5.74, 6) is -1.74. The molecule has 0 radical (unpaired) electrons. The lowest BCUT2D eigenvalue weighted by molar-refractivity contribution is -0.120. The summed E-state index contributed by atoms with van der Waals surface area (Å²) in [5.41, 5.74) is 3.76. The largest absolute Gasteiger partial charge is 0.390 e. The minimum absolute atomic E-state index is 0.0471. The summed E-state index contributed by atoms with van der Waals surface area (Å²) in [7, 11) is 0. The molecule has 0 spiro atoms. The Labute approximate surface area is 212 Å². The van der Waals surface area contributed by atoms with Crippen molar-refractivity contribution in [2.45, 2.75) is 65.1 Å². The first kappa shape index (κ1) is 27.6. The van der Waals surface area contributed by atoms with Crippen LogP contribution in [0.3, 0.4) is 0 Å². The number of nitriles is 1. The van der Waals surface area contributed by atoms with E-state index < -0.39 is 23.8 Å². The molecule has 2 aromatic carbocycles. The molecule has 0 saturated carbocycles. The van der Waals surface area contributed by atoms with E-state index in [1.54, 1.807) is 0 Å². The van der Waals surface area contributed by atoms with Crippen molar-refractivity contribution in [3.63, 3.8) is 0 Å². The second-order valence-electron chi connectivity index (χ2n) is 10.8. The third kappa shape index (κ3) is 7.74. The van der Waals surface area contributed by atoms with Gasteiger partial charge in [0, 0.05) is 37.8 Å². The van der Waals surface area contributed by atoms with Gasteiger partial charge in [0.2, 0.25) is 5.91 Å². The zero-order valence-corrected chi connectivity index (χ0v) is 21.4. The molecule has 3 atom stereocenters. The number of rotatable bonds is 9. The Bertz CT molecular complexity index is 1090. The van der Waals surface area contributed by atoms with Crippen molar-refractivity contribution in [1.29, 1.82) is 5.26 Å². The number of hydrogen-bond donors (Lipinski definition) is 3. The molecule has 194 valence electrons. The Balaban J connectivity index is 1.77. The number of nitrogens with one attached hydrogen (secondary N) is 2. The molecule has 1 aliphatic heterocycles. The summed E-state index contributed by atoms with van der Waals surface area (Å²) in [5, 5.41) is 26.4. The number of aliphatic hydroxyl groups is 1. The monoisotopic (exact) mass is 498 g/mol. The molecule has 8 heteroatoms. The van der Waals surface area contributed by atoms with Gasteiger partial charge in [0.05, 0.1) is 18.2 Å². The van der Waals surface area contributed by atoms with Gasteiger partial charge in [0.1, 0.15) is 18.2 Å². The molecule has 0 saturated heterocycles. The van der Waals surface area contributed by atoms with Crippen LogP contribution in [-0.4, -0.2) is 42.8 Å². The van der Waals surface area contributed by atoms with Crippen LogP contribution in [0.5, 0.6) is 0 Å². The van der Waals surface area contributed by atoms with Crippen LogP contribution in [0, 0.1) is 28.4 Å². The molecule has 3 N–H and O–H groups in total. The number of hydrogen-bond acceptors (Lipinski definition) is 5. The van der Waals surface area contributed by atoms with Crippen LogP contribution in [0.15, 0.2) is 36.4 Å². The first-order valence-corrected chi connectivity index (χ1v) is 12.3. The zero-order valence-electron chi connectivity index (χ0n) is 21.4. The lowest BCUT2D eigenvalue weighted by Gasteiger charge is -2.36. The third-order valence-corrected chi connectivity index (χ3v) is 6.30. The number of anilines is 1. The minimum atomic E-state index is -0.987. The Hall–Kier alpha value is -3.02. The summed E-state index contributed by atoms with van der Waals surface area (Å²) < 4.78 is 27.3. The quantitative estimate of drug-likeness (QED) is 0.455. The van der Waals surface area contributed by atoms with Gasteiger partial charge in [-0.05, 0) is 59.6 Å². The average Bonchev–Trinajstić information content (AvgIpc) is 2.76. The highest BCUT2D eigenvalue weighted by molar-refractivity contribution is 5.73. The molecule has 3 rings (SSSR count). The second kappa shape index (κ2) is 11.8. The molecular formula is C28H36F2N4O2. The van der Waals surface area contributed by atoms with Gasteiger partial charge < -0.3 is 20.6 Å². The Kier molecular flexibility index (Phi) is 9.04. The molecule has 0 bridgehead atoms. The molecule has 1 amide bonds. The van der Waals surface area contributed by atoms with Crippen molar-refractivity contribution in [1.82, 2.24) is 10.6 Å². The topological polar surface area (TPSA) is 88.4 Å². The van der Waals surface area contributed by atoms with E-state index in [-0.39, 0.29) is 30.3 Å². The molecule has 1 aliphatic rings. The van der Waals surface area contributed by atoms with Crippen LogP contribution in [0.4, 0.5) is 14.5 Å². The Morgan fingerprint density at radius 2 is 1.89 bits per heavy atom. The highest BCUT2D eigenvalue weighted by atomic mass is 19.1. The number of nitrogens with zero attached hydrogens (tertiary/aromatic N) is 2. The molecule has 0 fully saturated rings. The lowest BCUT2D eigenvalue weighted by Crippen LogP contribution is -2.49. The number of benzene rings is 2. The minimum Gasteiger partial charge on any atom is -0.390 e. The molecule has 36 heavy (non-hydrogen) atoms. The Morgan fingerprint density at radius 1 is 1.19 bits per heavy atom. The van der Waals surface area contributed by atoms with Gasteiger partial charge in [-0.25, -0.2) is 8.78 Å². The fourth-order valence-corrected chi connectivity index (χ4v) is 4.85. The van der Waals surface area contributed by atoms with Crippen molar-refractivity contribution in [3.8, 4) is 6.07 Å². The van der Waals surface area contributed by atoms with Gasteiger partial charge in [-0.1, -0.05) is 32.9 Å². The van der Waals surface area contributed by atoms with E-state index in [0.717, 1.165) is 30.2 Å². The summed E-state index contributed by atoms with van der Waals surface area (Å²) in [6.07, 6.45) is 0.756. The van der Waals surface area contributed by atoms with Crippen molar-refractivity contribution in [2.24, 2.45) is 5.41 Å². The smallest absolute Gasteiger partial charge is 0.217 e. The number of fused-ring (bicyclic) bond motifs is 1. The number of amides is 1. The standard InChI is InChI=1S/C28H36F2N4O2/c1-18(35)33-25(14-20-11-21(29)15-22(30)12-20)27(36)17-32-24-7-9-34(10-8-31)26-6-5-19(13-23(24)26)16-28(2,3)4/h5-6,11-13,15,24-25,27,32,36H,7,9-10,14,16-17H2,1-4H3,(H,33,35). The zero-order chi connectivity index (χ0) is 26.5. The Morgan fingerprint density at radius 3 is 2.50 bits per heavy atom. The number of carbonyl (C=O) groups is 1. The predicted octanol–water partition coefficient (Wildman–Crippen LogP) is 4.03. The number of halogens is 2. The molecular weight excluding hydrogens is 462 g/mol. The van der Waals surface area contributed by atoms with Gasteiger partial charge in [-0.15, -0.1) is 0 Å². The fraction of sp³-hybridized carbons (Fsp3) is 0.500. The van der Waals surface area contributed by atoms with Crippen LogP contribution in [-0.2, 0) is 17.6 Å². The van der Waals surface area contributed by atoms with Gasteiger partial charge in [-0.3, -0.25) is 4.79 Å². The molecule has 0 aromatic heterocycles. The van der Waals surface area contributed by atoms with Gasteiger partial charge >= 0.3 is 0 Å². The van der Waals surface area contributed by atoms with E-state index in [1.165, 1.54) is 24.6 Å². The van der Waals surface area contributed by atoms with Crippen molar-refractivity contribution < 1.29 is 18.7 Å². The molecule has 6 nitrogen and oxygen atoms in total. The maximum Gasteiger partial charge on any atom is 0.217 e. The highest BCUT2D eigenvalue weighted by Crippen LogP contribution is 2.35. The van der Waals surface area contributed by atoms with Crippen LogP contribution in [0.2, 0.25) is 0 Å². The molecule has 2 aromatic rings. The van der Waals surface area contributed by atoms with Crippen molar-refractivity contribution in [2.75, 3.05) is 24.5 Å². The van der Waals surface area contributed by atoms with E-state index in [0.29, 0.717) is 18.7 Å². The van der Waals surface area contributed by atoms with Crippen molar-refractivity contribution in [3.05, 3.63) is 64.7 Å². The van der Waals surface area contributed by atoms with Gasteiger partial charge in [-0.2, -0.15) is 5.26 Å². The first-order valence-electron chi connectivity index (χ1n) is 12.3. The van der Waals surface area contributed by atoms with E-state index in [2.05, 4.69) is 60.6 Å². The first-order chi connectivity index (χ1) is 16.9. The van der Waals surface area contributed by atoms with Crippen LogP contribution in [0.25, 0.3) is 0 Å². The highest BCUT2D eigenvalue weighted by Gasteiger charge is 2.28. The fourth-order valence-electron chi connectivity index (χ4n) is 4.85. The second-order valence-corrected chi connectivity index (χ2v) is 10.8. The summed E-state index contributed by atoms with van der Waals surface area (Å²) in [6, 6.07) is 11.0. The van der Waals surface area contributed by atoms with E-state index in [1.807, 2.05) is 0 Å². The maximum absolute atomic E-state index is 13.7. The van der Waals surface area contributed by atoms with Crippen molar-refractivity contribution >= 4 is 11.6 Å². The summed E-state index contributed by atoms with van der Waals surface area (Å²) in [6.45, 7) is 9.08. The lowest BCUT2D eigenvalue weighted by atomic mass is 9.85. The van der Waals surface area contributed by atoms with Crippen LogP contribution in [0.1, 0.15) is 56.8 Å². The number of aliphatic hydroxyl groups excluding tert-OH is 1. The number of carbonyl (C=O) groups excluding carboxylic acids is 1. The van der Waals surface area contributed by atoms with E-state index >= 15 is 0 Å². The normalized spacial score (nSPS) is 17.2. The van der Waals surface area contributed by atoms with E-state index in [4.69, 9.17) is 0 Å². The maximum atomic E-state index is 13.7. The third-order valence-electron chi connectivity index (χ3n) is 6.30. The molecule has 0 aliphatic carbocycles. The molecule has 3 unspecified atom stereocenters. The van der Waals surface area contributed by atoms with Crippen LogP contribution >= 0.6 is 0 Å². The van der Waals surface area contributed by atoms with Gasteiger partial charge in [0.15, 0.2) is 0 Å². The predicted molar refractivity (Wildman–Crippen MR) is 136 cm³/mol. The van der Waals surface area contributed by atoms with E-state index in [9.17, 15) is 23.9 Å². The molecule has 1 heterocycles. The summed E-state index contributed by atoms with van der Waals surface area (Å²) in [4.78, 5) is 13.8. The van der Waals surface area contributed by atoms with Crippen LogP contribution < -0.4 is 15.5 Å².